The van der Waals surface area contributed by atoms with E-state index in [-0.39, 0.29) is 29.8 Å². The molecule has 0 saturated carbocycles. The summed E-state index contributed by atoms with van der Waals surface area (Å²) >= 11 is 0. The van der Waals surface area contributed by atoms with Crippen molar-refractivity contribution in [1.29, 1.82) is 0 Å². The molecule has 5 nitrogen and oxygen atoms in total. The number of ether oxygens (including phenoxy) is 1. The van der Waals surface area contributed by atoms with E-state index in [0.717, 1.165) is 6.42 Å². The molecule has 104 valence electrons. The molecular formula is C13H24N2O3. The number of carbonyl (C=O) groups is 2. The fourth-order valence-corrected chi connectivity index (χ4v) is 2.29. The van der Waals surface area contributed by atoms with Crippen molar-refractivity contribution in [3.8, 4) is 0 Å². The predicted molar refractivity (Wildman–Crippen MR) is 69.1 cm³/mol. The summed E-state index contributed by atoms with van der Waals surface area (Å²) < 4.78 is 5.00. The Balaban J connectivity index is 2.77. The third-order valence-corrected chi connectivity index (χ3v) is 3.33. The number of methoxy groups -OCH3 is 1. The van der Waals surface area contributed by atoms with Crippen molar-refractivity contribution in [1.82, 2.24) is 10.2 Å². The van der Waals surface area contributed by atoms with Gasteiger partial charge >= 0.3 is 0 Å². The number of amides is 2. The zero-order chi connectivity index (χ0) is 13.7. The van der Waals surface area contributed by atoms with E-state index in [9.17, 15) is 9.59 Å². The van der Waals surface area contributed by atoms with Crippen molar-refractivity contribution >= 4 is 11.8 Å². The van der Waals surface area contributed by atoms with Gasteiger partial charge in [0.2, 0.25) is 11.8 Å². The quantitative estimate of drug-likeness (QED) is 0.715. The predicted octanol–water partition coefficient (Wildman–Crippen LogP) is 0.785. The number of nitrogens with one attached hydrogen (secondary N) is 1. The van der Waals surface area contributed by atoms with Crippen LogP contribution in [0.25, 0.3) is 0 Å². The molecule has 2 amide bonds. The number of piperazine rings is 1. The Kier molecular flexibility index (Phi) is 5.59. The highest BCUT2D eigenvalue weighted by atomic mass is 16.5. The van der Waals surface area contributed by atoms with E-state index >= 15 is 0 Å². The molecule has 1 saturated heterocycles. The SMILES string of the molecule is CCC1C(=O)NC(C(C)C)C(=O)N1CCCOC. The van der Waals surface area contributed by atoms with Crippen LogP contribution in [0.4, 0.5) is 0 Å². The minimum Gasteiger partial charge on any atom is -0.385 e. The molecule has 1 heterocycles. The van der Waals surface area contributed by atoms with Crippen LogP contribution in [0.2, 0.25) is 0 Å². The number of hydrogen-bond donors (Lipinski definition) is 1. The smallest absolute Gasteiger partial charge is 0.246 e. The Labute approximate surface area is 109 Å². The van der Waals surface area contributed by atoms with Crippen LogP contribution in [0.5, 0.6) is 0 Å². The maximum Gasteiger partial charge on any atom is 0.246 e. The monoisotopic (exact) mass is 256 g/mol. The first-order valence-electron chi connectivity index (χ1n) is 6.62. The van der Waals surface area contributed by atoms with Crippen LogP contribution in [-0.2, 0) is 14.3 Å². The van der Waals surface area contributed by atoms with Gasteiger partial charge in [-0.15, -0.1) is 0 Å². The summed E-state index contributed by atoms with van der Waals surface area (Å²) in [6.45, 7) is 7.01. The third-order valence-electron chi connectivity index (χ3n) is 3.33. The summed E-state index contributed by atoms with van der Waals surface area (Å²) in [7, 11) is 1.64. The Hall–Kier alpha value is -1.10. The molecular weight excluding hydrogens is 232 g/mol. The van der Waals surface area contributed by atoms with Crippen LogP contribution in [-0.4, -0.2) is 49.1 Å². The summed E-state index contributed by atoms with van der Waals surface area (Å²) in [5, 5.41) is 2.83. The molecule has 1 aliphatic heterocycles. The Morgan fingerprint density at radius 1 is 1.39 bits per heavy atom. The van der Waals surface area contributed by atoms with Crippen molar-refractivity contribution in [2.45, 2.75) is 45.7 Å². The molecule has 2 atom stereocenters. The summed E-state index contributed by atoms with van der Waals surface area (Å²) in [6, 6.07) is -0.716. The van der Waals surface area contributed by atoms with E-state index < -0.39 is 0 Å². The van der Waals surface area contributed by atoms with Gasteiger partial charge in [-0.05, 0) is 18.8 Å². The Morgan fingerprint density at radius 3 is 2.56 bits per heavy atom. The molecule has 0 spiro atoms. The van der Waals surface area contributed by atoms with Crippen LogP contribution in [0, 0.1) is 5.92 Å². The van der Waals surface area contributed by atoms with Crippen LogP contribution in [0.1, 0.15) is 33.6 Å². The standard InChI is InChI=1S/C13H24N2O3/c1-5-10-12(16)14-11(9(2)3)13(17)15(10)7-6-8-18-4/h9-11H,5-8H2,1-4H3,(H,14,16). The molecule has 1 rings (SSSR count). The number of carbonyl (C=O) groups excluding carboxylic acids is 2. The van der Waals surface area contributed by atoms with Crippen molar-refractivity contribution in [3.63, 3.8) is 0 Å². The lowest BCUT2D eigenvalue weighted by Crippen LogP contribution is -2.64. The minimum atomic E-state index is -0.386. The van der Waals surface area contributed by atoms with E-state index in [2.05, 4.69) is 5.32 Å². The van der Waals surface area contributed by atoms with Crippen molar-refractivity contribution in [2.75, 3.05) is 20.3 Å². The van der Waals surface area contributed by atoms with Gasteiger partial charge in [0, 0.05) is 20.3 Å². The molecule has 0 bridgehead atoms. The second-order valence-corrected chi connectivity index (χ2v) is 5.03. The fraction of sp³-hybridized carbons (Fsp3) is 0.846. The lowest BCUT2D eigenvalue weighted by Gasteiger charge is -2.40. The molecule has 1 fully saturated rings. The summed E-state index contributed by atoms with van der Waals surface area (Å²) in [5.74, 6) is 0.116. The van der Waals surface area contributed by atoms with E-state index in [1.165, 1.54) is 0 Å². The van der Waals surface area contributed by atoms with Crippen molar-refractivity contribution < 1.29 is 14.3 Å². The first-order chi connectivity index (χ1) is 8.52. The highest BCUT2D eigenvalue weighted by Gasteiger charge is 2.40. The Morgan fingerprint density at radius 2 is 2.06 bits per heavy atom. The number of nitrogens with zero attached hydrogens (tertiary/aromatic N) is 1. The first kappa shape index (κ1) is 15.0. The molecule has 1 aliphatic rings. The lowest BCUT2D eigenvalue weighted by atomic mass is 9.97. The van der Waals surface area contributed by atoms with E-state index in [4.69, 9.17) is 4.74 Å². The molecule has 0 aromatic rings. The number of hydrogen-bond acceptors (Lipinski definition) is 3. The Bertz CT molecular complexity index is 305. The van der Waals surface area contributed by atoms with Gasteiger partial charge in [0.05, 0.1) is 0 Å². The van der Waals surface area contributed by atoms with E-state index in [1.54, 1.807) is 12.0 Å². The van der Waals surface area contributed by atoms with Gasteiger partial charge in [0.15, 0.2) is 0 Å². The van der Waals surface area contributed by atoms with Crippen LogP contribution < -0.4 is 5.32 Å². The molecule has 0 aliphatic carbocycles. The van der Waals surface area contributed by atoms with Gasteiger partial charge in [0.1, 0.15) is 12.1 Å². The van der Waals surface area contributed by atoms with Crippen molar-refractivity contribution in [3.05, 3.63) is 0 Å². The molecule has 2 unspecified atom stereocenters. The molecule has 0 radical (unpaired) electrons. The molecule has 18 heavy (non-hydrogen) atoms. The van der Waals surface area contributed by atoms with Gasteiger partial charge < -0.3 is 15.0 Å². The topological polar surface area (TPSA) is 58.6 Å². The van der Waals surface area contributed by atoms with Gasteiger partial charge in [-0.2, -0.15) is 0 Å². The van der Waals surface area contributed by atoms with Crippen LogP contribution in [0.15, 0.2) is 0 Å². The van der Waals surface area contributed by atoms with Gasteiger partial charge in [0.25, 0.3) is 0 Å². The van der Waals surface area contributed by atoms with Crippen LogP contribution >= 0.6 is 0 Å². The highest BCUT2D eigenvalue weighted by Crippen LogP contribution is 2.17. The maximum atomic E-state index is 12.3. The summed E-state index contributed by atoms with van der Waals surface area (Å²) in [5.41, 5.74) is 0. The summed E-state index contributed by atoms with van der Waals surface area (Å²) in [4.78, 5) is 26.0. The van der Waals surface area contributed by atoms with Gasteiger partial charge in [-0.3, -0.25) is 9.59 Å². The van der Waals surface area contributed by atoms with Crippen LogP contribution in [0.3, 0.4) is 0 Å². The molecule has 5 heteroatoms. The maximum absolute atomic E-state index is 12.3. The zero-order valence-corrected chi connectivity index (χ0v) is 11.7. The molecule has 0 aromatic heterocycles. The van der Waals surface area contributed by atoms with Gasteiger partial charge in [-0.1, -0.05) is 20.8 Å². The lowest BCUT2D eigenvalue weighted by molar-refractivity contribution is -0.150. The average molecular weight is 256 g/mol. The highest BCUT2D eigenvalue weighted by molar-refractivity contribution is 5.97. The summed E-state index contributed by atoms with van der Waals surface area (Å²) in [6.07, 6.45) is 1.41. The minimum absolute atomic E-state index is 0.0341. The fourth-order valence-electron chi connectivity index (χ4n) is 2.29. The second-order valence-electron chi connectivity index (χ2n) is 5.03. The largest absolute Gasteiger partial charge is 0.385 e. The third kappa shape index (κ3) is 3.22. The first-order valence-corrected chi connectivity index (χ1v) is 6.62. The average Bonchev–Trinajstić information content (AvgIpc) is 2.33. The number of rotatable bonds is 6. The zero-order valence-electron chi connectivity index (χ0n) is 11.7. The van der Waals surface area contributed by atoms with Gasteiger partial charge in [-0.25, -0.2) is 0 Å². The molecule has 0 aromatic carbocycles. The second kappa shape index (κ2) is 6.73. The normalized spacial score (nSPS) is 24.6. The molecule has 1 N–H and O–H groups in total. The van der Waals surface area contributed by atoms with E-state index in [1.807, 2.05) is 20.8 Å². The van der Waals surface area contributed by atoms with E-state index in [0.29, 0.717) is 19.6 Å². The van der Waals surface area contributed by atoms with Crippen molar-refractivity contribution in [2.24, 2.45) is 5.92 Å².